The summed E-state index contributed by atoms with van der Waals surface area (Å²) >= 11 is 1.57. The Morgan fingerprint density at radius 1 is 1.35 bits per heavy atom. The summed E-state index contributed by atoms with van der Waals surface area (Å²) in [5.41, 5.74) is 1.19. The molecule has 5 nitrogen and oxygen atoms in total. The second kappa shape index (κ2) is 7.75. The Morgan fingerprint density at radius 2 is 2.13 bits per heavy atom. The smallest absolute Gasteiger partial charge is 0.261 e. The number of rotatable bonds is 5. The number of ether oxygens (including phenoxy) is 2. The van der Waals surface area contributed by atoms with Crippen LogP contribution in [-0.4, -0.2) is 62.9 Å². The van der Waals surface area contributed by atoms with Crippen molar-refractivity contribution in [2.75, 3.05) is 46.1 Å². The van der Waals surface area contributed by atoms with E-state index in [1.165, 1.54) is 10.4 Å². The molecule has 23 heavy (non-hydrogen) atoms. The van der Waals surface area contributed by atoms with E-state index in [0.717, 1.165) is 50.8 Å². The average molecular weight is 338 g/mol. The van der Waals surface area contributed by atoms with E-state index in [4.69, 9.17) is 9.47 Å². The molecule has 0 unspecified atom stereocenters. The van der Waals surface area contributed by atoms with Crippen molar-refractivity contribution in [2.45, 2.75) is 26.3 Å². The minimum Gasteiger partial charge on any atom is -0.381 e. The lowest BCUT2D eigenvalue weighted by Gasteiger charge is -2.37. The first-order valence-electron chi connectivity index (χ1n) is 8.40. The Morgan fingerprint density at radius 3 is 2.74 bits per heavy atom. The number of nitrogens with zero attached hydrogens (tertiary/aromatic N) is 1. The molecule has 2 atom stereocenters. The SMILES string of the molecule is Cc1cc(C(=O)NC[C@H]([C@@H]2CCOC2)N2CCOCC2)sc1C. The fourth-order valence-electron chi connectivity index (χ4n) is 3.33. The molecule has 2 aliphatic heterocycles. The molecule has 2 saturated heterocycles. The van der Waals surface area contributed by atoms with Gasteiger partial charge in [-0.25, -0.2) is 0 Å². The third-order valence-corrected chi connectivity index (χ3v) is 6.04. The van der Waals surface area contributed by atoms with E-state index in [2.05, 4.69) is 24.1 Å². The Hall–Kier alpha value is -0.950. The molecule has 0 aromatic carbocycles. The van der Waals surface area contributed by atoms with Gasteiger partial charge in [0.05, 0.1) is 24.7 Å². The molecule has 6 heteroatoms. The van der Waals surface area contributed by atoms with Crippen molar-refractivity contribution in [2.24, 2.45) is 5.92 Å². The molecule has 2 fully saturated rings. The van der Waals surface area contributed by atoms with Crippen molar-refractivity contribution in [3.63, 3.8) is 0 Å². The molecule has 1 aromatic rings. The summed E-state index contributed by atoms with van der Waals surface area (Å²) < 4.78 is 11.0. The number of carbonyl (C=O) groups excluding carboxylic acids is 1. The van der Waals surface area contributed by atoms with Crippen LogP contribution in [0.15, 0.2) is 6.07 Å². The fourth-order valence-corrected chi connectivity index (χ4v) is 4.28. The minimum atomic E-state index is 0.0448. The normalized spacial score (nSPS) is 23.8. The maximum atomic E-state index is 12.4. The van der Waals surface area contributed by atoms with Crippen LogP contribution in [0.3, 0.4) is 0 Å². The van der Waals surface area contributed by atoms with E-state index in [0.29, 0.717) is 18.5 Å². The highest BCUT2D eigenvalue weighted by molar-refractivity contribution is 7.14. The van der Waals surface area contributed by atoms with E-state index in [1.807, 2.05) is 6.07 Å². The average Bonchev–Trinajstić information content (AvgIpc) is 3.19. The molecule has 0 radical (unpaired) electrons. The summed E-state index contributed by atoms with van der Waals surface area (Å²) in [6.45, 7) is 9.87. The zero-order chi connectivity index (χ0) is 16.2. The fraction of sp³-hybridized carbons (Fsp3) is 0.706. The van der Waals surface area contributed by atoms with Gasteiger partial charge in [0.15, 0.2) is 0 Å². The van der Waals surface area contributed by atoms with Gasteiger partial charge in [-0.2, -0.15) is 0 Å². The van der Waals surface area contributed by atoms with E-state index in [-0.39, 0.29) is 5.91 Å². The molecule has 1 amide bonds. The third-order valence-electron chi connectivity index (χ3n) is 4.89. The zero-order valence-corrected chi connectivity index (χ0v) is 14.8. The Bertz CT molecular complexity index is 514. The third kappa shape index (κ3) is 4.12. The van der Waals surface area contributed by atoms with Gasteiger partial charge < -0.3 is 14.8 Å². The van der Waals surface area contributed by atoms with Gasteiger partial charge in [-0.15, -0.1) is 11.3 Å². The van der Waals surface area contributed by atoms with Gasteiger partial charge in [-0.3, -0.25) is 9.69 Å². The Labute approximate surface area is 142 Å². The van der Waals surface area contributed by atoms with Crippen LogP contribution >= 0.6 is 11.3 Å². The molecule has 3 rings (SSSR count). The quantitative estimate of drug-likeness (QED) is 0.890. The Kier molecular flexibility index (Phi) is 5.69. The number of hydrogen-bond donors (Lipinski definition) is 1. The Balaban J connectivity index is 1.62. The molecular weight excluding hydrogens is 312 g/mol. The second-order valence-electron chi connectivity index (χ2n) is 6.40. The number of thiophene rings is 1. The lowest BCUT2D eigenvalue weighted by Crippen LogP contribution is -2.52. The number of carbonyl (C=O) groups is 1. The summed E-state index contributed by atoms with van der Waals surface area (Å²) in [7, 11) is 0. The van der Waals surface area contributed by atoms with Crippen LogP contribution in [0.5, 0.6) is 0 Å². The van der Waals surface area contributed by atoms with E-state index < -0.39 is 0 Å². The lowest BCUT2D eigenvalue weighted by atomic mass is 9.97. The largest absolute Gasteiger partial charge is 0.381 e. The number of aryl methyl sites for hydroxylation is 2. The van der Waals surface area contributed by atoms with Crippen LogP contribution in [0.4, 0.5) is 0 Å². The van der Waals surface area contributed by atoms with Crippen molar-refractivity contribution in [1.82, 2.24) is 10.2 Å². The highest BCUT2D eigenvalue weighted by Gasteiger charge is 2.31. The first-order chi connectivity index (χ1) is 11.1. The topological polar surface area (TPSA) is 50.8 Å². The van der Waals surface area contributed by atoms with Crippen molar-refractivity contribution in [1.29, 1.82) is 0 Å². The van der Waals surface area contributed by atoms with Gasteiger partial charge in [-0.05, 0) is 31.9 Å². The second-order valence-corrected chi connectivity index (χ2v) is 7.66. The van der Waals surface area contributed by atoms with Crippen LogP contribution in [0, 0.1) is 19.8 Å². The zero-order valence-electron chi connectivity index (χ0n) is 14.0. The molecule has 0 spiro atoms. The van der Waals surface area contributed by atoms with Gasteiger partial charge in [0.25, 0.3) is 5.91 Å². The summed E-state index contributed by atoms with van der Waals surface area (Å²) in [5.74, 6) is 0.545. The number of morpholine rings is 1. The monoisotopic (exact) mass is 338 g/mol. The summed E-state index contributed by atoms with van der Waals surface area (Å²) in [4.78, 5) is 16.9. The molecule has 0 saturated carbocycles. The van der Waals surface area contributed by atoms with Crippen molar-refractivity contribution in [3.8, 4) is 0 Å². The molecule has 0 aliphatic carbocycles. The molecule has 1 aromatic heterocycles. The molecule has 3 heterocycles. The minimum absolute atomic E-state index is 0.0448. The summed E-state index contributed by atoms with van der Waals surface area (Å²) in [6.07, 6.45) is 1.08. The van der Waals surface area contributed by atoms with E-state index in [1.54, 1.807) is 11.3 Å². The standard InChI is InChI=1S/C17H26N2O3S/c1-12-9-16(23-13(12)2)17(20)18-10-15(14-3-6-22-11-14)19-4-7-21-8-5-19/h9,14-15H,3-8,10-11H2,1-2H3,(H,18,20)/t14-,15-/m1/s1. The van der Waals surface area contributed by atoms with Crippen molar-refractivity contribution < 1.29 is 14.3 Å². The van der Waals surface area contributed by atoms with Gasteiger partial charge in [0, 0.05) is 43.1 Å². The van der Waals surface area contributed by atoms with Crippen LogP contribution in [0.2, 0.25) is 0 Å². The van der Waals surface area contributed by atoms with Crippen LogP contribution < -0.4 is 5.32 Å². The van der Waals surface area contributed by atoms with E-state index >= 15 is 0 Å². The number of hydrogen-bond acceptors (Lipinski definition) is 5. The summed E-state index contributed by atoms with van der Waals surface area (Å²) in [6, 6.07) is 2.32. The van der Waals surface area contributed by atoms with Crippen LogP contribution in [0.25, 0.3) is 0 Å². The maximum Gasteiger partial charge on any atom is 0.261 e. The molecule has 128 valence electrons. The molecule has 1 N–H and O–H groups in total. The predicted octanol–water partition coefficient (Wildman–Crippen LogP) is 1.83. The highest BCUT2D eigenvalue weighted by atomic mass is 32.1. The van der Waals surface area contributed by atoms with Gasteiger partial charge in [0.1, 0.15) is 0 Å². The molecule has 0 bridgehead atoms. The highest BCUT2D eigenvalue weighted by Crippen LogP contribution is 2.23. The predicted molar refractivity (Wildman–Crippen MR) is 91.2 cm³/mol. The number of nitrogens with one attached hydrogen (secondary N) is 1. The van der Waals surface area contributed by atoms with Gasteiger partial charge in [-0.1, -0.05) is 0 Å². The molecule has 2 aliphatic rings. The summed E-state index contributed by atoms with van der Waals surface area (Å²) in [5, 5.41) is 3.15. The van der Waals surface area contributed by atoms with Crippen molar-refractivity contribution >= 4 is 17.2 Å². The molecular formula is C17H26N2O3S. The first kappa shape index (κ1) is 16.9. The van der Waals surface area contributed by atoms with Crippen LogP contribution in [-0.2, 0) is 9.47 Å². The van der Waals surface area contributed by atoms with Gasteiger partial charge in [0.2, 0.25) is 0 Å². The lowest BCUT2D eigenvalue weighted by molar-refractivity contribution is 0.00167. The van der Waals surface area contributed by atoms with Crippen molar-refractivity contribution in [3.05, 3.63) is 21.4 Å². The van der Waals surface area contributed by atoms with E-state index in [9.17, 15) is 4.79 Å². The first-order valence-corrected chi connectivity index (χ1v) is 9.21. The van der Waals surface area contributed by atoms with Gasteiger partial charge >= 0.3 is 0 Å². The van der Waals surface area contributed by atoms with Crippen LogP contribution in [0.1, 0.15) is 26.5 Å². The number of amides is 1. The maximum absolute atomic E-state index is 12.4.